The second kappa shape index (κ2) is 4.93. The van der Waals surface area contributed by atoms with Gasteiger partial charge in [-0.05, 0) is 37.1 Å². The molecule has 2 rings (SSSR count). The van der Waals surface area contributed by atoms with Gasteiger partial charge in [-0.3, -0.25) is 4.79 Å². The molecule has 3 nitrogen and oxygen atoms in total. The van der Waals surface area contributed by atoms with Crippen molar-refractivity contribution in [2.24, 2.45) is 0 Å². The second-order valence-corrected chi connectivity index (χ2v) is 5.58. The fourth-order valence-electron chi connectivity index (χ4n) is 1.90. The fraction of sp³-hybridized carbons (Fsp3) is 0.583. The summed E-state index contributed by atoms with van der Waals surface area (Å²) < 4.78 is 27.3. The molecule has 1 aliphatic carbocycles. The Hall–Kier alpha value is -1.01. The number of hydrogen-bond acceptors (Lipinski definition) is 3. The van der Waals surface area contributed by atoms with Crippen LogP contribution in [-0.4, -0.2) is 29.1 Å². The zero-order valence-corrected chi connectivity index (χ0v) is 10.6. The molecule has 0 radical (unpaired) electrons. The van der Waals surface area contributed by atoms with Crippen LogP contribution in [0, 0.1) is 0 Å². The molecule has 0 aliphatic heterocycles. The smallest absolute Gasteiger partial charge is 0.352 e. The minimum absolute atomic E-state index is 0.0155. The molecule has 1 saturated carbocycles. The number of carbonyl (C=O) groups is 1. The molecule has 0 aromatic carbocycles. The number of amides is 1. The fourth-order valence-corrected chi connectivity index (χ4v) is 2.61. The number of rotatable bonds is 5. The lowest BCUT2D eigenvalue weighted by molar-refractivity contribution is -0.215. The van der Waals surface area contributed by atoms with Crippen LogP contribution >= 0.6 is 11.3 Å². The summed E-state index contributed by atoms with van der Waals surface area (Å²) in [7, 11) is 0. The minimum atomic E-state index is -3.69. The standard InChI is InChI=1S/C12H15F2NO2S/c13-12(14,11(17)5-2-6-11)10(16)15-7-4-9-3-1-8-18-9/h1,3,8,17H,2,4-7H2,(H,15,16). The molecule has 0 atom stereocenters. The molecule has 0 saturated heterocycles. The van der Waals surface area contributed by atoms with E-state index < -0.39 is 17.4 Å². The largest absolute Gasteiger partial charge is 0.383 e. The van der Waals surface area contributed by atoms with Gasteiger partial charge in [-0.15, -0.1) is 11.3 Å². The first-order valence-corrected chi connectivity index (χ1v) is 6.74. The highest BCUT2D eigenvalue weighted by molar-refractivity contribution is 7.09. The Morgan fingerprint density at radius 3 is 2.78 bits per heavy atom. The van der Waals surface area contributed by atoms with Gasteiger partial charge in [0.25, 0.3) is 5.91 Å². The van der Waals surface area contributed by atoms with Crippen LogP contribution < -0.4 is 5.32 Å². The van der Waals surface area contributed by atoms with E-state index in [0.29, 0.717) is 12.8 Å². The number of carbonyl (C=O) groups excluding carboxylic acids is 1. The average Bonchev–Trinajstić information content (AvgIpc) is 2.78. The Kier molecular flexibility index (Phi) is 3.68. The van der Waals surface area contributed by atoms with E-state index >= 15 is 0 Å². The van der Waals surface area contributed by atoms with Crippen molar-refractivity contribution in [2.75, 3.05) is 6.54 Å². The number of alkyl halides is 2. The van der Waals surface area contributed by atoms with Crippen molar-refractivity contribution in [3.63, 3.8) is 0 Å². The molecule has 0 bridgehead atoms. The van der Waals surface area contributed by atoms with Crippen LogP contribution in [0.1, 0.15) is 24.1 Å². The molecular weight excluding hydrogens is 260 g/mol. The van der Waals surface area contributed by atoms with Crippen molar-refractivity contribution in [3.8, 4) is 0 Å². The summed E-state index contributed by atoms with van der Waals surface area (Å²) in [5, 5.41) is 13.7. The van der Waals surface area contributed by atoms with Gasteiger partial charge in [-0.1, -0.05) is 6.07 Å². The Morgan fingerprint density at radius 2 is 2.28 bits per heavy atom. The van der Waals surface area contributed by atoms with Gasteiger partial charge in [0.15, 0.2) is 0 Å². The molecule has 1 aromatic heterocycles. The quantitative estimate of drug-likeness (QED) is 0.863. The summed E-state index contributed by atoms with van der Waals surface area (Å²) in [5.74, 6) is -5.07. The predicted molar refractivity (Wildman–Crippen MR) is 64.8 cm³/mol. The van der Waals surface area contributed by atoms with Crippen molar-refractivity contribution < 1.29 is 18.7 Å². The van der Waals surface area contributed by atoms with E-state index in [4.69, 9.17) is 0 Å². The van der Waals surface area contributed by atoms with E-state index in [2.05, 4.69) is 5.32 Å². The number of hydrogen-bond donors (Lipinski definition) is 2. The maximum Gasteiger partial charge on any atom is 0.352 e. The Labute approximate surface area is 108 Å². The zero-order chi connectivity index (χ0) is 13.2. The molecule has 6 heteroatoms. The summed E-state index contributed by atoms with van der Waals surface area (Å²) in [6.45, 7) is 0.158. The first-order valence-electron chi connectivity index (χ1n) is 5.87. The van der Waals surface area contributed by atoms with E-state index in [-0.39, 0.29) is 19.4 Å². The summed E-state index contributed by atoms with van der Waals surface area (Å²) >= 11 is 1.52. The first-order chi connectivity index (χ1) is 8.46. The second-order valence-electron chi connectivity index (χ2n) is 4.54. The SMILES string of the molecule is O=C(NCCc1cccs1)C(F)(F)C1(O)CCC1. The van der Waals surface area contributed by atoms with Crippen molar-refractivity contribution in [1.29, 1.82) is 0 Å². The van der Waals surface area contributed by atoms with Crippen LogP contribution in [0.5, 0.6) is 0 Å². The highest BCUT2D eigenvalue weighted by Crippen LogP contribution is 2.44. The maximum absolute atomic E-state index is 13.7. The number of nitrogens with one attached hydrogen (secondary N) is 1. The van der Waals surface area contributed by atoms with E-state index in [1.807, 2.05) is 17.5 Å². The lowest BCUT2D eigenvalue weighted by Gasteiger charge is -2.41. The first kappa shape index (κ1) is 13.4. The van der Waals surface area contributed by atoms with Crippen molar-refractivity contribution in [3.05, 3.63) is 22.4 Å². The predicted octanol–water partition coefficient (Wildman–Crippen LogP) is 1.96. The minimum Gasteiger partial charge on any atom is -0.383 e. The third-order valence-corrected chi connectivity index (χ3v) is 4.22. The molecule has 1 fully saturated rings. The van der Waals surface area contributed by atoms with Gasteiger partial charge >= 0.3 is 5.92 Å². The molecule has 0 spiro atoms. The molecule has 1 aromatic rings. The summed E-state index contributed by atoms with van der Waals surface area (Å²) in [6.07, 6.45) is 1.03. The summed E-state index contributed by atoms with van der Waals surface area (Å²) in [6, 6.07) is 3.75. The van der Waals surface area contributed by atoms with Crippen LogP contribution in [0.15, 0.2) is 17.5 Å². The molecule has 0 unspecified atom stereocenters. The third-order valence-electron chi connectivity index (χ3n) is 3.29. The van der Waals surface area contributed by atoms with Gasteiger partial charge < -0.3 is 10.4 Å². The van der Waals surface area contributed by atoms with Crippen LogP contribution in [-0.2, 0) is 11.2 Å². The molecule has 2 N–H and O–H groups in total. The number of halogens is 2. The highest BCUT2D eigenvalue weighted by Gasteiger charge is 2.60. The summed E-state index contributed by atoms with van der Waals surface area (Å²) in [4.78, 5) is 12.4. The molecule has 18 heavy (non-hydrogen) atoms. The van der Waals surface area contributed by atoms with E-state index in [9.17, 15) is 18.7 Å². The molecular formula is C12H15F2NO2S. The van der Waals surface area contributed by atoms with Crippen LogP contribution in [0.4, 0.5) is 8.78 Å². The number of aliphatic hydroxyl groups is 1. The maximum atomic E-state index is 13.7. The van der Waals surface area contributed by atoms with Gasteiger partial charge in [0.05, 0.1) is 0 Å². The van der Waals surface area contributed by atoms with Crippen molar-refractivity contribution in [1.82, 2.24) is 5.32 Å². The topological polar surface area (TPSA) is 49.3 Å². The van der Waals surface area contributed by atoms with Gasteiger partial charge in [0.1, 0.15) is 5.60 Å². The molecule has 100 valence electrons. The lowest BCUT2D eigenvalue weighted by Crippen LogP contribution is -2.60. The van der Waals surface area contributed by atoms with Gasteiger partial charge in [0, 0.05) is 11.4 Å². The van der Waals surface area contributed by atoms with Crippen molar-refractivity contribution in [2.45, 2.75) is 37.2 Å². The molecule has 1 amide bonds. The van der Waals surface area contributed by atoms with Gasteiger partial charge in [0.2, 0.25) is 0 Å². The van der Waals surface area contributed by atoms with E-state index in [0.717, 1.165) is 4.88 Å². The number of thiophene rings is 1. The van der Waals surface area contributed by atoms with Crippen LogP contribution in [0.3, 0.4) is 0 Å². The zero-order valence-electron chi connectivity index (χ0n) is 9.79. The average molecular weight is 275 g/mol. The Morgan fingerprint density at radius 1 is 1.56 bits per heavy atom. The van der Waals surface area contributed by atoms with Crippen molar-refractivity contribution >= 4 is 17.2 Å². The third kappa shape index (κ3) is 2.40. The van der Waals surface area contributed by atoms with Gasteiger partial charge in [-0.25, -0.2) is 0 Å². The summed E-state index contributed by atoms with van der Waals surface area (Å²) in [5.41, 5.74) is -2.14. The van der Waals surface area contributed by atoms with E-state index in [1.165, 1.54) is 11.3 Å². The monoisotopic (exact) mass is 275 g/mol. The molecule has 1 heterocycles. The van der Waals surface area contributed by atoms with Crippen LogP contribution in [0.2, 0.25) is 0 Å². The molecule has 1 aliphatic rings. The van der Waals surface area contributed by atoms with Gasteiger partial charge in [-0.2, -0.15) is 8.78 Å². The lowest BCUT2D eigenvalue weighted by atomic mass is 9.75. The normalized spacial score (nSPS) is 18.2. The van der Waals surface area contributed by atoms with Crippen LogP contribution in [0.25, 0.3) is 0 Å². The Bertz CT molecular complexity index is 416. The highest BCUT2D eigenvalue weighted by atomic mass is 32.1. The Balaban J connectivity index is 1.84. The van der Waals surface area contributed by atoms with E-state index in [1.54, 1.807) is 0 Å².